The van der Waals surface area contributed by atoms with Crippen molar-refractivity contribution < 1.29 is 9.47 Å². The summed E-state index contributed by atoms with van der Waals surface area (Å²) in [5.41, 5.74) is 1.47. The molecule has 0 aromatic heterocycles. The minimum Gasteiger partial charge on any atom is -0.497 e. The van der Waals surface area contributed by atoms with Crippen LogP contribution in [0, 0.1) is 5.92 Å². The molecule has 0 spiro atoms. The molecule has 1 aromatic carbocycles. The molecule has 1 heterocycles. The summed E-state index contributed by atoms with van der Waals surface area (Å²) in [6.07, 6.45) is 6.37. The van der Waals surface area contributed by atoms with Crippen LogP contribution < -0.4 is 10.1 Å². The van der Waals surface area contributed by atoms with E-state index in [1.54, 1.807) is 7.11 Å². The van der Waals surface area contributed by atoms with E-state index in [9.17, 15) is 0 Å². The maximum atomic E-state index is 5.51. The molecule has 0 amide bonds. The van der Waals surface area contributed by atoms with Gasteiger partial charge < -0.3 is 14.8 Å². The zero-order chi connectivity index (χ0) is 15.4. The molecule has 3 heteroatoms. The fourth-order valence-corrected chi connectivity index (χ4v) is 3.92. The van der Waals surface area contributed by atoms with E-state index < -0.39 is 0 Å². The van der Waals surface area contributed by atoms with E-state index in [1.165, 1.54) is 37.7 Å². The Hall–Kier alpha value is -1.06. The maximum absolute atomic E-state index is 5.51. The van der Waals surface area contributed by atoms with Crippen LogP contribution in [0.5, 0.6) is 5.75 Å². The summed E-state index contributed by atoms with van der Waals surface area (Å²) >= 11 is 0. The zero-order valence-electron chi connectivity index (χ0n) is 13.9. The lowest BCUT2D eigenvalue weighted by atomic mass is 9.81. The van der Waals surface area contributed by atoms with Gasteiger partial charge in [0.15, 0.2) is 0 Å². The minimum atomic E-state index is 0.588. The second-order valence-corrected chi connectivity index (χ2v) is 6.90. The molecule has 3 rings (SSSR count). The first-order chi connectivity index (χ1) is 10.8. The number of rotatable bonds is 5. The molecule has 1 aromatic rings. The van der Waals surface area contributed by atoms with Crippen LogP contribution in [0.1, 0.15) is 50.5 Å². The first-order valence-corrected chi connectivity index (χ1v) is 8.74. The summed E-state index contributed by atoms with van der Waals surface area (Å²) < 4.78 is 10.8. The van der Waals surface area contributed by atoms with Gasteiger partial charge in [0, 0.05) is 18.7 Å². The zero-order valence-corrected chi connectivity index (χ0v) is 13.9. The predicted octanol–water partition coefficient (Wildman–Crippen LogP) is 3.74. The van der Waals surface area contributed by atoms with Gasteiger partial charge in [-0.1, -0.05) is 12.1 Å². The van der Waals surface area contributed by atoms with E-state index in [0.29, 0.717) is 23.9 Å². The molecule has 1 saturated heterocycles. The maximum Gasteiger partial charge on any atom is 0.118 e. The average Bonchev–Trinajstić information content (AvgIpc) is 3.10. The second-order valence-electron chi connectivity index (χ2n) is 6.90. The molecule has 3 nitrogen and oxygen atoms in total. The molecule has 1 N–H and O–H groups in total. The third-order valence-electron chi connectivity index (χ3n) is 5.48. The Morgan fingerprint density at radius 3 is 2.41 bits per heavy atom. The van der Waals surface area contributed by atoms with Gasteiger partial charge in [-0.2, -0.15) is 0 Å². The average molecular weight is 303 g/mol. The van der Waals surface area contributed by atoms with Crippen LogP contribution in [0.15, 0.2) is 24.3 Å². The van der Waals surface area contributed by atoms with Gasteiger partial charge in [0.05, 0.1) is 13.7 Å². The first kappa shape index (κ1) is 15.8. The lowest BCUT2D eigenvalue weighted by molar-refractivity contribution is 0.174. The largest absolute Gasteiger partial charge is 0.497 e. The van der Waals surface area contributed by atoms with E-state index >= 15 is 0 Å². The molecular weight excluding hydrogens is 274 g/mol. The molecule has 1 aliphatic carbocycles. The third-order valence-corrected chi connectivity index (χ3v) is 5.48. The summed E-state index contributed by atoms with van der Waals surface area (Å²) in [7, 11) is 1.72. The Kier molecular flexibility index (Phi) is 5.37. The molecular formula is C19H29NO2. The van der Waals surface area contributed by atoms with Gasteiger partial charge in [-0.15, -0.1) is 0 Å². The van der Waals surface area contributed by atoms with Crippen LogP contribution in [-0.4, -0.2) is 32.4 Å². The Labute approximate surface area is 134 Å². The topological polar surface area (TPSA) is 30.5 Å². The highest BCUT2D eigenvalue weighted by atomic mass is 16.5. The number of nitrogens with one attached hydrogen (secondary N) is 1. The SMILES string of the molecule is COc1ccc(C2CCC(NC(C)C3CCOC3)CC2)cc1. The van der Waals surface area contributed by atoms with Gasteiger partial charge in [-0.3, -0.25) is 0 Å². The first-order valence-electron chi connectivity index (χ1n) is 8.74. The van der Waals surface area contributed by atoms with Gasteiger partial charge in [0.1, 0.15) is 5.75 Å². The molecule has 1 aliphatic heterocycles. The van der Waals surface area contributed by atoms with Crippen molar-refractivity contribution >= 4 is 0 Å². The number of benzene rings is 1. The van der Waals surface area contributed by atoms with Gasteiger partial charge in [-0.25, -0.2) is 0 Å². The lowest BCUT2D eigenvalue weighted by Crippen LogP contribution is -2.42. The van der Waals surface area contributed by atoms with Crippen LogP contribution in [0.2, 0.25) is 0 Å². The quantitative estimate of drug-likeness (QED) is 0.899. The minimum absolute atomic E-state index is 0.588. The fourth-order valence-electron chi connectivity index (χ4n) is 3.92. The smallest absolute Gasteiger partial charge is 0.118 e. The van der Waals surface area contributed by atoms with E-state index in [0.717, 1.165) is 19.0 Å². The van der Waals surface area contributed by atoms with Crippen LogP contribution in [-0.2, 0) is 4.74 Å². The summed E-state index contributed by atoms with van der Waals surface area (Å²) in [5.74, 6) is 2.38. The highest BCUT2D eigenvalue weighted by molar-refractivity contribution is 5.29. The number of hydrogen-bond acceptors (Lipinski definition) is 3. The standard InChI is InChI=1S/C19H29NO2/c1-14(17-11-12-22-13-17)20-18-7-3-15(4-8-18)16-5-9-19(21-2)10-6-16/h5-6,9-10,14-15,17-18,20H,3-4,7-8,11-13H2,1-2H3. The molecule has 0 bridgehead atoms. The number of methoxy groups -OCH3 is 1. The normalized spacial score (nSPS) is 30.2. The van der Waals surface area contributed by atoms with Crippen molar-refractivity contribution in [2.45, 2.75) is 57.0 Å². The van der Waals surface area contributed by atoms with E-state index in [1.807, 2.05) is 0 Å². The molecule has 2 fully saturated rings. The fraction of sp³-hybridized carbons (Fsp3) is 0.684. The predicted molar refractivity (Wildman–Crippen MR) is 89.5 cm³/mol. The van der Waals surface area contributed by atoms with Crippen molar-refractivity contribution in [3.8, 4) is 5.75 Å². The van der Waals surface area contributed by atoms with Crippen LogP contribution in [0.3, 0.4) is 0 Å². The highest BCUT2D eigenvalue weighted by Gasteiger charge is 2.27. The molecule has 2 unspecified atom stereocenters. The van der Waals surface area contributed by atoms with Gasteiger partial charge in [-0.05, 0) is 68.6 Å². The van der Waals surface area contributed by atoms with Crippen molar-refractivity contribution in [1.29, 1.82) is 0 Å². The van der Waals surface area contributed by atoms with E-state index in [4.69, 9.17) is 9.47 Å². The van der Waals surface area contributed by atoms with Crippen molar-refractivity contribution in [2.75, 3.05) is 20.3 Å². The Bertz CT molecular complexity index is 445. The molecule has 0 radical (unpaired) electrons. The van der Waals surface area contributed by atoms with E-state index in [2.05, 4.69) is 36.5 Å². The Morgan fingerprint density at radius 2 is 1.82 bits per heavy atom. The summed E-state index contributed by atoms with van der Waals surface area (Å²) in [5, 5.41) is 3.85. The highest BCUT2D eigenvalue weighted by Crippen LogP contribution is 2.34. The van der Waals surface area contributed by atoms with Gasteiger partial charge in [0.25, 0.3) is 0 Å². The van der Waals surface area contributed by atoms with Crippen molar-refractivity contribution in [1.82, 2.24) is 5.32 Å². The summed E-state index contributed by atoms with van der Waals surface area (Å²) in [6.45, 7) is 4.21. The third kappa shape index (κ3) is 3.82. The molecule has 122 valence electrons. The lowest BCUT2D eigenvalue weighted by Gasteiger charge is -2.33. The number of hydrogen-bond donors (Lipinski definition) is 1. The molecule has 2 aliphatic rings. The van der Waals surface area contributed by atoms with Crippen LogP contribution in [0.25, 0.3) is 0 Å². The number of ether oxygens (including phenoxy) is 2. The monoisotopic (exact) mass is 303 g/mol. The Morgan fingerprint density at radius 1 is 1.09 bits per heavy atom. The Balaban J connectivity index is 1.47. The molecule has 2 atom stereocenters. The van der Waals surface area contributed by atoms with Crippen LogP contribution in [0.4, 0.5) is 0 Å². The second kappa shape index (κ2) is 7.47. The van der Waals surface area contributed by atoms with Crippen molar-refractivity contribution in [3.63, 3.8) is 0 Å². The van der Waals surface area contributed by atoms with E-state index in [-0.39, 0.29) is 0 Å². The van der Waals surface area contributed by atoms with Crippen LogP contribution >= 0.6 is 0 Å². The molecule has 22 heavy (non-hydrogen) atoms. The summed E-state index contributed by atoms with van der Waals surface area (Å²) in [6, 6.07) is 9.91. The van der Waals surface area contributed by atoms with Gasteiger partial charge in [0.2, 0.25) is 0 Å². The van der Waals surface area contributed by atoms with Crippen molar-refractivity contribution in [2.24, 2.45) is 5.92 Å². The van der Waals surface area contributed by atoms with Crippen molar-refractivity contribution in [3.05, 3.63) is 29.8 Å². The van der Waals surface area contributed by atoms with Gasteiger partial charge >= 0.3 is 0 Å². The molecule has 1 saturated carbocycles. The summed E-state index contributed by atoms with van der Waals surface area (Å²) in [4.78, 5) is 0.